The number of nitrogens with zero attached hydrogens (tertiary/aromatic N) is 1. The number of rotatable bonds is 2. The average Bonchev–Trinajstić information content (AvgIpc) is 2.71. The zero-order valence-corrected chi connectivity index (χ0v) is 7.99. The van der Waals surface area contributed by atoms with Gasteiger partial charge in [-0.25, -0.2) is 0 Å². The third-order valence-corrected chi connectivity index (χ3v) is 2.06. The Morgan fingerprint density at radius 1 is 1.40 bits per heavy atom. The zero-order chi connectivity index (χ0) is 10.7. The number of carbonyl (C=O) groups is 1. The molecule has 0 atom stereocenters. The number of nitrogens with one attached hydrogen (secondary N) is 2. The second-order valence-corrected chi connectivity index (χ2v) is 3.15. The van der Waals surface area contributed by atoms with Gasteiger partial charge in [-0.2, -0.15) is 0 Å². The normalized spacial score (nSPS) is 14.3. The molecular formula is C10H10N3O2-. The van der Waals surface area contributed by atoms with E-state index in [-0.39, 0.29) is 5.56 Å². The number of benzene rings is 1. The van der Waals surface area contributed by atoms with E-state index in [0.29, 0.717) is 0 Å². The fourth-order valence-corrected chi connectivity index (χ4v) is 1.31. The Bertz CT molecular complexity index is 398. The first-order valence-corrected chi connectivity index (χ1v) is 4.62. The van der Waals surface area contributed by atoms with E-state index in [2.05, 4.69) is 15.6 Å². The first kappa shape index (κ1) is 9.51. The summed E-state index contributed by atoms with van der Waals surface area (Å²) in [6.07, 6.45) is 0. The van der Waals surface area contributed by atoms with Crippen LogP contribution in [0.1, 0.15) is 10.4 Å². The molecule has 0 unspecified atom stereocenters. The maximum Gasteiger partial charge on any atom is 0.195 e. The van der Waals surface area contributed by atoms with Gasteiger partial charge in [0.2, 0.25) is 0 Å². The fourth-order valence-electron chi connectivity index (χ4n) is 1.31. The quantitative estimate of drug-likeness (QED) is 0.675. The van der Waals surface area contributed by atoms with Gasteiger partial charge in [0.25, 0.3) is 0 Å². The molecule has 0 spiro atoms. The van der Waals surface area contributed by atoms with Crippen LogP contribution in [-0.2, 0) is 0 Å². The van der Waals surface area contributed by atoms with Crippen LogP contribution in [0.25, 0.3) is 0 Å². The van der Waals surface area contributed by atoms with Crippen molar-refractivity contribution in [2.75, 3.05) is 18.4 Å². The van der Waals surface area contributed by atoms with Gasteiger partial charge in [0.05, 0.1) is 12.5 Å². The van der Waals surface area contributed by atoms with Crippen molar-refractivity contribution < 1.29 is 9.90 Å². The number of carbonyl (C=O) groups excluding carboxylic acids is 1. The standard InChI is InChI=1S/C10H11N3O2/c14-9(15)7-1-3-8(4-2-7)13-10-11-5-6-12-10/h1-4H,5-6H2,(H,14,15)(H2,11,12,13)/p-1. The molecule has 0 radical (unpaired) electrons. The van der Waals surface area contributed by atoms with E-state index in [4.69, 9.17) is 0 Å². The van der Waals surface area contributed by atoms with Crippen LogP contribution in [0.15, 0.2) is 29.3 Å². The molecule has 0 aromatic heterocycles. The van der Waals surface area contributed by atoms with Crippen LogP contribution in [0.5, 0.6) is 0 Å². The SMILES string of the molecule is O=C([O-])c1ccc(NC2=NCCN2)cc1. The van der Waals surface area contributed by atoms with E-state index in [1.165, 1.54) is 12.1 Å². The molecule has 0 amide bonds. The van der Waals surface area contributed by atoms with E-state index in [9.17, 15) is 9.90 Å². The summed E-state index contributed by atoms with van der Waals surface area (Å²) in [7, 11) is 0. The van der Waals surface area contributed by atoms with Crippen molar-refractivity contribution in [3.05, 3.63) is 29.8 Å². The molecule has 2 rings (SSSR count). The van der Waals surface area contributed by atoms with Crippen LogP contribution < -0.4 is 15.7 Å². The molecule has 0 fully saturated rings. The topological polar surface area (TPSA) is 76.5 Å². The summed E-state index contributed by atoms with van der Waals surface area (Å²) in [5.74, 6) is -0.450. The predicted octanol–water partition coefficient (Wildman–Crippen LogP) is -0.579. The highest BCUT2D eigenvalue weighted by Crippen LogP contribution is 2.09. The third-order valence-electron chi connectivity index (χ3n) is 2.06. The first-order valence-electron chi connectivity index (χ1n) is 4.62. The van der Waals surface area contributed by atoms with Gasteiger partial charge in [-0.1, -0.05) is 12.1 Å². The van der Waals surface area contributed by atoms with Crippen molar-refractivity contribution in [3.8, 4) is 0 Å². The molecule has 1 aliphatic heterocycles. The van der Waals surface area contributed by atoms with E-state index in [1.807, 2.05) is 0 Å². The molecule has 0 aliphatic carbocycles. The predicted molar refractivity (Wildman–Crippen MR) is 54.7 cm³/mol. The Balaban J connectivity index is 2.06. The minimum atomic E-state index is -1.17. The number of hydrogen-bond donors (Lipinski definition) is 2. The Morgan fingerprint density at radius 2 is 2.13 bits per heavy atom. The Hall–Kier alpha value is -2.04. The lowest BCUT2D eigenvalue weighted by Gasteiger charge is -2.07. The maximum absolute atomic E-state index is 10.5. The van der Waals surface area contributed by atoms with Gasteiger partial charge in [0.1, 0.15) is 0 Å². The minimum absolute atomic E-state index is 0.168. The van der Waals surface area contributed by atoms with Crippen molar-refractivity contribution in [2.24, 2.45) is 4.99 Å². The van der Waals surface area contributed by atoms with Crippen LogP contribution in [0, 0.1) is 0 Å². The molecule has 1 heterocycles. The first-order chi connectivity index (χ1) is 7.25. The van der Waals surface area contributed by atoms with Crippen molar-refractivity contribution >= 4 is 17.6 Å². The summed E-state index contributed by atoms with van der Waals surface area (Å²) in [5.41, 5.74) is 0.968. The van der Waals surface area contributed by atoms with Crippen molar-refractivity contribution in [2.45, 2.75) is 0 Å². The average molecular weight is 204 g/mol. The van der Waals surface area contributed by atoms with Gasteiger partial charge in [-0.3, -0.25) is 4.99 Å². The van der Waals surface area contributed by atoms with Gasteiger partial charge in [-0.15, -0.1) is 0 Å². The number of hydrogen-bond acceptors (Lipinski definition) is 5. The molecule has 0 saturated carbocycles. The molecule has 1 aromatic carbocycles. The molecule has 1 aromatic rings. The Kier molecular flexibility index (Phi) is 2.53. The molecule has 1 aliphatic rings. The number of aliphatic imine (C=N–C) groups is 1. The molecule has 2 N–H and O–H groups in total. The van der Waals surface area contributed by atoms with Gasteiger partial charge >= 0.3 is 0 Å². The highest BCUT2D eigenvalue weighted by Gasteiger charge is 2.04. The van der Waals surface area contributed by atoms with E-state index in [0.717, 1.165) is 24.7 Å². The number of anilines is 1. The summed E-state index contributed by atoms with van der Waals surface area (Å²) in [4.78, 5) is 14.6. The second kappa shape index (κ2) is 4.00. The minimum Gasteiger partial charge on any atom is -0.545 e. The fraction of sp³-hybridized carbons (Fsp3) is 0.200. The third kappa shape index (κ3) is 2.25. The molecule has 5 heteroatoms. The molecular weight excluding hydrogens is 194 g/mol. The summed E-state index contributed by atoms with van der Waals surface area (Å²) in [6.45, 7) is 1.60. The van der Waals surface area contributed by atoms with Crippen LogP contribution in [0.3, 0.4) is 0 Å². The van der Waals surface area contributed by atoms with Crippen LogP contribution in [0.4, 0.5) is 5.69 Å². The molecule has 15 heavy (non-hydrogen) atoms. The summed E-state index contributed by atoms with van der Waals surface area (Å²) >= 11 is 0. The Labute approximate surface area is 86.8 Å². The molecule has 0 bridgehead atoms. The van der Waals surface area contributed by atoms with E-state index >= 15 is 0 Å². The molecule has 0 saturated heterocycles. The van der Waals surface area contributed by atoms with Gasteiger partial charge in [0.15, 0.2) is 5.96 Å². The maximum atomic E-state index is 10.5. The monoisotopic (exact) mass is 204 g/mol. The second-order valence-electron chi connectivity index (χ2n) is 3.15. The van der Waals surface area contributed by atoms with Crippen LogP contribution in [0.2, 0.25) is 0 Å². The number of aromatic carboxylic acids is 1. The lowest BCUT2D eigenvalue weighted by molar-refractivity contribution is -0.255. The Morgan fingerprint density at radius 3 is 2.67 bits per heavy atom. The summed E-state index contributed by atoms with van der Waals surface area (Å²) < 4.78 is 0. The molecule has 5 nitrogen and oxygen atoms in total. The van der Waals surface area contributed by atoms with E-state index in [1.54, 1.807) is 12.1 Å². The van der Waals surface area contributed by atoms with Crippen molar-refractivity contribution in [3.63, 3.8) is 0 Å². The number of carboxylic acid groups (broad SMARTS) is 1. The highest BCUT2D eigenvalue weighted by molar-refractivity contribution is 5.95. The van der Waals surface area contributed by atoms with Crippen LogP contribution >= 0.6 is 0 Å². The van der Waals surface area contributed by atoms with Gasteiger partial charge < -0.3 is 20.5 Å². The van der Waals surface area contributed by atoms with E-state index < -0.39 is 5.97 Å². The van der Waals surface area contributed by atoms with Crippen LogP contribution in [-0.4, -0.2) is 25.0 Å². The number of carboxylic acids is 1. The summed E-state index contributed by atoms with van der Waals surface area (Å²) in [5, 5.41) is 16.6. The molecule has 78 valence electrons. The zero-order valence-electron chi connectivity index (χ0n) is 7.99. The number of guanidine groups is 1. The highest BCUT2D eigenvalue weighted by atomic mass is 16.4. The largest absolute Gasteiger partial charge is 0.545 e. The lowest BCUT2D eigenvalue weighted by atomic mass is 10.2. The summed E-state index contributed by atoms with van der Waals surface area (Å²) in [6, 6.07) is 6.33. The lowest BCUT2D eigenvalue weighted by Crippen LogP contribution is -2.26. The van der Waals surface area contributed by atoms with Gasteiger partial charge in [0, 0.05) is 12.2 Å². The van der Waals surface area contributed by atoms with Crippen molar-refractivity contribution in [1.29, 1.82) is 0 Å². The smallest absolute Gasteiger partial charge is 0.195 e. The van der Waals surface area contributed by atoms with Crippen molar-refractivity contribution in [1.82, 2.24) is 5.32 Å². The van der Waals surface area contributed by atoms with Gasteiger partial charge in [-0.05, 0) is 17.7 Å².